The summed E-state index contributed by atoms with van der Waals surface area (Å²) in [6.45, 7) is 9.69. The number of thiophene rings is 1. The lowest BCUT2D eigenvalue weighted by molar-refractivity contribution is 0.557. The van der Waals surface area contributed by atoms with Gasteiger partial charge in [-0.05, 0) is 66.9 Å². The first-order valence-corrected chi connectivity index (χ1v) is 8.67. The average Bonchev–Trinajstić information content (AvgIpc) is 2.73. The molecule has 0 bridgehead atoms. The lowest BCUT2D eigenvalue weighted by Gasteiger charge is -2.18. The van der Waals surface area contributed by atoms with Crippen LogP contribution in [0.15, 0.2) is 28.7 Å². The van der Waals surface area contributed by atoms with Gasteiger partial charge in [0.2, 0.25) is 0 Å². The second kappa shape index (κ2) is 6.88. The Kier molecular flexibility index (Phi) is 5.42. The number of rotatable bonds is 5. The molecule has 20 heavy (non-hydrogen) atoms. The van der Waals surface area contributed by atoms with Crippen molar-refractivity contribution in [1.29, 1.82) is 0 Å². The second-order valence-electron chi connectivity index (χ2n) is 5.30. The van der Waals surface area contributed by atoms with Crippen molar-refractivity contribution in [2.24, 2.45) is 0 Å². The summed E-state index contributed by atoms with van der Waals surface area (Å²) in [7, 11) is 0. The van der Waals surface area contributed by atoms with Crippen molar-refractivity contribution in [2.75, 3.05) is 6.54 Å². The largest absolute Gasteiger partial charge is 0.309 e. The van der Waals surface area contributed by atoms with Gasteiger partial charge in [-0.15, -0.1) is 11.3 Å². The van der Waals surface area contributed by atoms with Gasteiger partial charge < -0.3 is 5.32 Å². The van der Waals surface area contributed by atoms with Crippen molar-refractivity contribution in [2.45, 2.75) is 40.2 Å². The topological polar surface area (TPSA) is 12.0 Å². The molecule has 0 saturated carbocycles. The molecule has 0 radical (unpaired) electrons. The highest BCUT2D eigenvalue weighted by atomic mass is 79.9. The SMILES string of the molecule is CCNC(Cc1cc(C)ccc1C)c1cc(Br)c(C)s1. The summed E-state index contributed by atoms with van der Waals surface area (Å²) >= 11 is 5.51. The smallest absolute Gasteiger partial charge is 0.0456 e. The predicted octanol–water partition coefficient (Wildman–Crippen LogP) is 5.33. The predicted molar refractivity (Wildman–Crippen MR) is 92.8 cm³/mol. The van der Waals surface area contributed by atoms with E-state index in [1.807, 2.05) is 11.3 Å². The molecule has 1 aromatic carbocycles. The highest BCUT2D eigenvalue weighted by molar-refractivity contribution is 9.10. The van der Waals surface area contributed by atoms with Gasteiger partial charge in [-0.2, -0.15) is 0 Å². The molecule has 1 atom stereocenters. The first kappa shape index (κ1) is 15.7. The molecule has 0 spiro atoms. The Labute approximate surface area is 134 Å². The van der Waals surface area contributed by atoms with E-state index in [1.165, 1.54) is 30.9 Å². The number of benzene rings is 1. The third-order valence-electron chi connectivity index (χ3n) is 3.60. The van der Waals surface area contributed by atoms with Crippen LogP contribution in [0.2, 0.25) is 0 Å². The maximum atomic E-state index is 3.63. The van der Waals surface area contributed by atoms with Crippen molar-refractivity contribution >= 4 is 27.3 Å². The van der Waals surface area contributed by atoms with Crippen molar-refractivity contribution < 1.29 is 0 Å². The quantitative estimate of drug-likeness (QED) is 0.767. The number of likely N-dealkylation sites (N-methyl/N-ethyl adjacent to an activating group) is 1. The summed E-state index contributed by atoms with van der Waals surface area (Å²) in [4.78, 5) is 2.76. The van der Waals surface area contributed by atoms with Crippen LogP contribution >= 0.6 is 27.3 Å². The first-order valence-electron chi connectivity index (χ1n) is 7.06. The molecule has 2 aromatic rings. The van der Waals surface area contributed by atoms with Gasteiger partial charge in [-0.3, -0.25) is 0 Å². The summed E-state index contributed by atoms with van der Waals surface area (Å²) < 4.78 is 1.22. The lowest BCUT2D eigenvalue weighted by atomic mass is 9.98. The van der Waals surface area contributed by atoms with E-state index in [0.717, 1.165) is 13.0 Å². The summed E-state index contributed by atoms with van der Waals surface area (Å²) in [5.41, 5.74) is 4.16. The Morgan fingerprint density at radius 1 is 1.20 bits per heavy atom. The Morgan fingerprint density at radius 2 is 1.95 bits per heavy atom. The number of hydrogen-bond donors (Lipinski definition) is 1. The van der Waals surface area contributed by atoms with Gasteiger partial charge in [-0.1, -0.05) is 30.7 Å². The van der Waals surface area contributed by atoms with E-state index in [4.69, 9.17) is 0 Å². The molecule has 1 N–H and O–H groups in total. The molecule has 0 aliphatic heterocycles. The van der Waals surface area contributed by atoms with Gasteiger partial charge in [0.05, 0.1) is 0 Å². The second-order valence-corrected chi connectivity index (χ2v) is 7.44. The zero-order valence-electron chi connectivity index (χ0n) is 12.6. The van der Waals surface area contributed by atoms with Crippen molar-refractivity contribution in [1.82, 2.24) is 5.32 Å². The summed E-state index contributed by atoms with van der Waals surface area (Å²) in [5.74, 6) is 0. The van der Waals surface area contributed by atoms with E-state index in [0.29, 0.717) is 6.04 Å². The number of aryl methyl sites for hydroxylation is 3. The third-order valence-corrected chi connectivity index (χ3v) is 5.85. The minimum atomic E-state index is 0.399. The van der Waals surface area contributed by atoms with Gasteiger partial charge in [0.1, 0.15) is 0 Å². The fraction of sp³-hybridized carbons (Fsp3) is 0.412. The summed E-state index contributed by atoms with van der Waals surface area (Å²) in [6.07, 6.45) is 1.05. The molecule has 3 heteroatoms. The monoisotopic (exact) mass is 351 g/mol. The maximum Gasteiger partial charge on any atom is 0.0456 e. The highest BCUT2D eigenvalue weighted by Crippen LogP contribution is 2.32. The van der Waals surface area contributed by atoms with E-state index in [9.17, 15) is 0 Å². The van der Waals surface area contributed by atoms with Gasteiger partial charge in [0.15, 0.2) is 0 Å². The highest BCUT2D eigenvalue weighted by Gasteiger charge is 2.16. The minimum Gasteiger partial charge on any atom is -0.309 e. The average molecular weight is 352 g/mol. The van der Waals surface area contributed by atoms with E-state index in [2.05, 4.69) is 73.2 Å². The molecular formula is C17H22BrNS. The molecule has 1 heterocycles. The lowest BCUT2D eigenvalue weighted by Crippen LogP contribution is -2.22. The number of hydrogen-bond acceptors (Lipinski definition) is 2. The summed E-state index contributed by atoms with van der Waals surface area (Å²) in [6, 6.07) is 9.39. The Hall–Kier alpha value is -0.640. The van der Waals surface area contributed by atoms with E-state index < -0.39 is 0 Å². The van der Waals surface area contributed by atoms with E-state index in [1.54, 1.807) is 0 Å². The molecule has 108 valence electrons. The maximum absolute atomic E-state index is 3.63. The van der Waals surface area contributed by atoms with Gasteiger partial charge in [0, 0.05) is 20.3 Å². The van der Waals surface area contributed by atoms with Gasteiger partial charge in [0.25, 0.3) is 0 Å². The molecular weight excluding hydrogens is 330 g/mol. The Balaban J connectivity index is 2.27. The van der Waals surface area contributed by atoms with Crippen molar-refractivity contribution in [3.63, 3.8) is 0 Å². The van der Waals surface area contributed by atoms with Crippen LogP contribution in [-0.4, -0.2) is 6.54 Å². The van der Waals surface area contributed by atoms with Crippen LogP contribution in [0, 0.1) is 20.8 Å². The van der Waals surface area contributed by atoms with Crippen molar-refractivity contribution in [3.05, 3.63) is 55.2 Å². The first-order chi connectivity index (χ1) is 9.51. The Bertz CT molecular complexity index is 569. The zero-order valence-corrected chi connectivity index (χ0v) is 15.0. The fourth-order valence-corrected chi connectivity index (χ4v) is 4.05. The van der Waals surface area contributed by atoms with Crippen LogP contribution in [0.3, 0.4) is 0 Å². The number of halogens is 1. The molecule has 1 nitrogen and oxygen atoms in total. The van der Waals surface area contributed by atoms with Crippen LogP contribution < -0.4 is 5.32 Å². The van der Waals surface area contributed by atoms with Gasteiger partial charge in [-0.25, -0.2) is 0 Å². The van der Waals surface area contributed by atoms with Crippen LogP contribution in [0.25, 0.3) is 0 Å². The minimum absolute atomic E-state index is 0.399. The fourth-order valence-electron chi connectivity index (χ4n) is 2.41. The zero-order chi connectivity index (χ0) is 14.7. The molecule has 2 rings (SSSR count). The van der Waals surface area contributed by atoms with E-state index in [-0.39, 0.29) is 0 Å². The van der Waals surface area contributed by atoms with Crippen LogP contribution in [0.5, 0.6) is 0 Å². The van der Waals surface area contributed by atoms with E-state index >= 15 is 0 Å². The molecule has 1 unspecified atom stereocenters. The van der Waals surface area contributed by atoms with Crippen LogP contribution in [-0.2, 0) is 6.42 Å². The Morgan fingerprint density at radius 3 is 2.55 bits per heavy atom. The normalized spacial score (nSPS) is 12.7. The van der Waals surface area contributed by atoms with Crippen LogP contribution in [0.4, 0.5) is 0 Å². The molecule has 0 amide bonds. The standard InChI is InChI=1S/C17H22BrNS/c1-5-19-16(17-10-15(18)13(4)20-17)9-14-8-11(2)6-7-12(14)3/h6-8,10,16,19H,5,9H2,1-4H3. The molecule has 0 fully saturated rings. The molecule has 0 aliphatic carbocycles. The third kappa shape index (κ3) is 3.72. The number of nitrogens with one attached hydrogen (secondary N) is 1. The molecule has 0 saturated heterocycles. The molecule has 1 aromatic heterocycles. The van der Waals surface area contributed by atoms with Crippen molar-refractivity contribution in [3.8, 4) is 0 Å². The summed E-state index contributed by atoms with van der Waals surface area (Å²) in [5, 5.41) is 3.62. The molecule has 0 aliphatic rings. The van der Waals surface area contributed by atoms with Crippen LogP contribution in [0.1, 0.15) is 39.4 Å². The van der Waals surface area contributed by atoms with Gasteiger partial charge >= 0.3 is 0 Å².